The molecule has 3 rings (SSSR count). The van der Waals surface area contributed by atoms with E-state index < -0.39 is 0 Å². The van der Waals surface area contributed by atoms with Crippen molar-refractivity contribution in [3.8, 4) is 11.5 Å². The number of hydrogen-bond acceptors (Lipinski definition) is 7. The fraction of sp³-hybridized carbons (Fsp3) is 0.474. The molecule has 1 aromatic heterocycles. The van der Waals surface area contributed by atoms with Gasteiger partial charge >= 0.3 is 0 Å². The van der Waals surface area contributed by atoms with Gasteiger partial charge in [0.15, 0.2) is 11.5 Å². The first-order valence-electron chi connectivity index (χ1n) is 8.95. The molecule has 0 radical (unpaired) electrons. The molecule has 140 valence electrons. The van der Waals surface area contributed by atoms with Crippen LogP contribution in [-0.2, 0) is 0 Å². The average Bonchev–Trinajstić information content (AvgIpc) is 2.60. The Morgan fingerprint density at radius 2 is 2.00 bits per heavy atom. The molecule has 0 spiro atoms. The third-order valence-corrected chi connectivity index (χ3v) is 4.48. The van der Waals surface area contributed by atoms with Crippen molar-refractivity contribution in [3.05, 3.63) is 30.0 Å². The first-order valence-corrected chi connectivity index (χ1v) is 8.95. The van der Waals surface area contributed by atoms with Gasteiger partial charge in [-0.3, -0.25) is 0 Å². The number of aryl methyl sites for hydroxylation is 1. The van der Waals surface area contributed by atoms with Crippen LogP contribution in [0.5, 0.6) is 11.5 Å². The van der Waals surface area contributed by atoms with Crippen LogP contribution in [0.2, 0.25) is 0 Å². The number of anilines is 3. The van der Waals surface area contributed by atoms with Crippen LogP contribution in [0.15, 0.2) is 24.3 Å². The summed E-state index contributed by atoms with van der Waals surface area (Å²) >= 11 is 0. The van der Waals surface area contributed by atoms with E-state index in [0.717, 1.165) is 48.3 Å². The maximum atomic E-state index is 6.03. The molecule has 0 atom stereocenters. The second-order valence-electron chi connectivity index (χ2n) is 6.49. The van der Waals surface area contributed by atoms with E-state index in [-0.39, 0.29) is 0 Å². The van der Waals surface area contributed by atoms with E-state index in [2.05, 4.69) is 32.4 Å². The molecule has 7 heteroatoms. The van der Waals surface area contributed by atoms with Gasteiger partial charge in [-0.1, -0.05) is 6.92 Å². The summed E-state index contributed by atoms with van der Waals surface area (Å²) in [6, 6.07) is 7.65. The lowest BCUT2D eigenvalue weighted by Gasteiger charge is -2.38. The number of methoxy groups -OCH3 is 1. The van der Waals surface area contributed by atoms with Crippen molar-refractivity contribution in [1.29, 1.82) is 0 Å². The Bertz CT molecular complexity index is 747. The number of benzene rings is 1. The highest BCUT2D eigenvalue weighted by Crippen LogP contribution is 2.32. The predicted molar refractivity (Wildman–Crippen MR) is 104 cm³/mol. The van der Waals surface area contributed by atoms with Crippen LogP contribution in [0.3, 0.4) is 0 Å². The maximum absolute atomic E-state index is 6.03. The van der Waals surface area contributed by atoms with E-state index in [1.54, 1.807) is 7.11 Å². The summed E-state index contributed by atoms with van der Waals surface area (Å²) in [5.41, 5.74) is 1.75. The van der Waals surface area contributed by atoms with Crippen molar-refractivity contribution in [2.45, 2.75) is 13.8 Å². The smallest absolute Gasteiger partial charge is 0.229 e. The first-order chi connectivity index (χ1) is 12.6. The quantitative estimate of drug-likeness (QED) is 0.752. The molecule has 7 nitrogen and oxygen atoms in total. The molecule has 2 aromatic rings. The number of nitrogens with zero attached hydrogens (tertiary/aromatic N) is 3. The lowest BCUT2D eigenvalue weighted by molar-refractivity contribution is 0.0662. The normalized spacial score (nSPS) is 14.6. The highest BCUT2D eigenvalue weighted by molar-refractivity contribution is 5.60. The van der Waals surface area contributed by atoms with E-state index in [4.69, 9.17) is 9.47 Å². The van der Waals surface area contributed by atoms with Crippen molar-refractivity contribution >= 4 is 17.5 Å². The summed E-state index contributed by atoms with van der Waals surface area (Å²) < 4.78 is 11.5. The van der Waals surface area contributed by atoms with E-state index in [1.807, 2.05) is 38.2 Å². The fourth-order valence-corrected chi connectivity index (χ4v) is 3.00. The molecule has 1 saturated heterocycles. The van der Waals surface area contributed by atoms with Gasteiger partial charge in [-0.2, -0.15) is 4.98 Å². The minimum atomic E-state index is 0.544. The minimum absolute atomic E-state index is 0.544. The van der Waals surface area contributed by atoms with Crippen LogP contribution in [-0.4, -0.2) is 55.3 Å². The van der Waals surface area contributed by atoms with E-state index in [0.29, 0.717) is 18.5 Å². The van der Waals surface area contributed by atoms with Crippen LogP contribution in [0.25, 0.3) is 0 Å². The Labute approximate surface area is 154 Å². The van der Waals surface area contributed by atoms with Gasteiger partial charge < -0.3 is 25.0 Å². The zero-order valence-corrected chi connectivity index (χ0v) is 15.9. The van der Waals surface area contributed by atoms with Gasteiger partial charge in [-0.25, -0.2) is 4.98 Å². The maximum Gasteiger partial charge on any atom is 0.229 e. The summed E-state index contributed by atoms with van der Waals surface area (Å²) in [4.78, 5) is 11.2. The number of ether oxygens (including phenoxy) is 2. The number of nitrogens with one attached hydrogen (secondary N) is 2. The van der Waals surface area contributed by atoms with Gasteiger partial charge in [-0.05, 0) is 25.6 Å². The Morgan fingerprint density at radius 1 is 1.19 bits per heavy atom. The molecule has 0 bridgehead atoms. The third kappa shape index (κ3) is 4.35. The minimum Gasteiger partial charge on any atom is -0.493 e. The second kappa shape index (κ2) is 8.23. The molecule has 1 fully saturated rings. The van der Waals surface area contributed by atoms with Crippen LogP contribution in [0, 0.1) is 12.8 Å². The van der Waals surface area contributed by atoms with Crippen molar-refractivity contribution in [3.63, 3.8) is 0 Å². The molecule has 2 N–H and O–H groups in total. The lowest BCUT2D eigenvalue weighted by Crippen LogP contribution is -2.48. The number of likely N-dealkylation sites (tertiary alicyclic amines) is 1. The molecule has 0 unspecified atom stereocenters. The van der Waals surface area contributed by atoms with Crippen LogP contribution in [0.4, 0.5) is 17.5 Å². The number of hydrogen-bond donors (Lipinski definition) is 2. The zero-order valence-electron chi connectivity index (χ0n) is 15.9. The third-order valence-electron chi connectivity index (χ3n) is 4.48. The van der Waals surface area contributed by atoms with Crippen LogP contribution >= 0.6 is 0 Å². The summed E-state index contributed by atoms with van der Waals surface area (Å²) in [5.74, 6) is 3.35. The van der Waals surface area contributed by atoms with Gasteiger partial charge in [0.05, 0.1) is 13.7 Å². The van der Waals surface area contributed by atoms with E-state index in [1.165, 1.54) is 0 Å². The molecular formula is C19H27N5O2. The molecular weight excluding hydrogens is 330 g/mol. The largest absolute Gasteiger partial charge is 0.493 e. The van der Waals surface area contributed by atoms with E-state index in [9.17, 15) is 0 Å². The summed E-state index contributed by atoms with van der Waals surface area (Å²) in [6.07, 6.45) is 0. The molecule has 1 aliphatic heterocycles. The summed E-state index contributed by atoms with van der Waals surface area (Å²) in [7, 11) is 3.49. The molecule has 0 amide bonds. The Morgan fingerprint density at radius 3 is 2.69 bits per heavy atom. The molecule has 1 aromatic carbocycles. The van der Waals surface area contributed by atoms with Crippen molar-refractivity contribution in [2.24, 2.45) is 5.92 Å². The highest BCUT2D eigenvalue weighted by Gasteiger charge is 2.25. The van der Waals surface area contributed by atoms with Crippen molar-refractivity contribution in [2.75, 3.05) is 51.0 Å². The SMILES string of the molecule is CCN1CC(COc2cc(Nc3nc(C)cc(NC)n3)ccc2OC)C1. The molecule has 26 heavy (non-hydrogen) atoms. The topological polar surface area (TPSA) is 71.5 Å². The fourth-order valence-electron chi connectivity index (χ4n) is 3.00. The highest BCUT2D eigenvalue weighted by atomic mass is 16.5. The predicted octanol–water partition coefficient (Wildman–Crippen LogP) is 2.91. The van der Waals surface area contributed by atoms with Gasteiger partial charge in [0.1, 0.15) is 5.82 Å². The molecule has 1 aliphatic rings. The lowest BCUT2D eigenvalue weighted by atomic mass is 10.0. The Balaban J connectivity index is 1.69. The Hall–Kier alpha value is -2.54. The average molecular weight is 357 g/mol. The van der Waals surface area contributed by atoms with Gasteiger partial charge in [0, 0.05) is 49.6 Å². The standard InChI is InChI=1S/C19H27N5O2/c1-5-24-10-14(11-24)12-26-17-9-15(6-7-16(17)25-4)22-19-21-13(2)8-18(20-3)23-19/h6-9,14H,5,10-12H2,1-4H3,(H2,20,21,22,23). The molecule has 0 aliphatic carbocycles. The second-order valence-corrected chi connectivity index (χ2v) is 6.49. The van der Waals surface area contributed by atoms with Crippen molar-refractivity contribution < 1.29 is 9.47 Å². The summed E-state index contributed by atoms with van der Waals surface area (Å²) in [6.45, 7) is 8.11. The summed E-state index contributed by atoms with van der Waals surface area (Å²) in [5, 5.41) is 6.27. The molecule has 0 saturated carbocycles. The van der Waals surface area contributed by atoms with Gasteiger partial charge in [-0.15, -0.1) is 0 Å². The Kier molecular flexibility index (Phi) is 5.78. The first kappa shape index (κ1) is 18.3. The van der Waals surface area contributed by atoms with E-state index >= 15 is 0 Å². The zero-order chi connectivity index (χ0) is 18.5. The van der Waals surface area contributed by atoms with Gasteiger partial charge in [0.2, 0.25) is 5.95 Å². The van der Waals surface area contributed by atoms with Crippen LogP contribution in [0.1, 0.15) is 12.6 Å². The number of rotatable bonds is 8. The monoisotopic (exact) mass is 357 g/mol. The van der Waals surface area contributed by atoms with Crippen LogP contribution < -0.4 is 20.1 Å². The number of aromatic nitrogens is 2. The molecule has 2 heterocycles. The van der Waals surface area contributed by atoms with Gasteiger partial charge in [0.25, 0.3) is 0 Å². The van der Waals surface area contributed by atoms with Crippen molar-refractivity contribution in [1.82, 2.24) is 14.9 Å².